The van der Waals surface area contributed by atoms with Crippen molar-refractivity contribution in [2.24, 2.45) is 5.73 Å². The highest BCUT2D eigenvalue weighted by Crippen LogP contribution is 2.21. The van der Waals surface area contributed by atoms with Crippen molar-refractivity contribution in [1.82, 2.24) is 10.3 Å². The number of rotatable bonds is 4. The number of halogens is 1. The highest BCUT2D eigenvalue weighted by atomic mass is 19.1. The predicted molar refractivity (Wildman–Crippen MR) is 74.6 cm³/mol. The molecule has 2 amide bonds. The Hall–Kier alpha value is -2.76. The van der Waals surface area contributed by atoms with Crippen molar-refractivity contribution >= 4 is 11.8 Å². The van der Waals surface area contributed by atoms with E-state index in [-0.39, 0.29) is 5.56 Å². The van der Waals surface area contributed by atoms with Gasteiger partial charge in [-0.2, -0.15) is 0 Å². The minimum Gasteiger partial charge on any atom is -0.367 e. The van der Waals surface area contributed by atoms with E-state index in [1.165, 1.54) is 19.2 Å². The zero-order valence-electron chi connectivity index (χ0n) is 11.3. The molecule has 0 bridgehead atoms. The first-order valence-corrected chi connectivity index (χ1v) is 6.22. The summed E-state index contributed by atoms with van der Waals surface area (Å²) in [4.78, 5) is 27.5. The third-order valence-electron chi connectivity index (χ3n) is 3.22. The summed E-state index contributed by atoms with van der Waals surface area (Å²) in [6.45, 7) is 1.47. The van der Waals surface area contributed by atoms with E-state index in [4.69, 9.17) is 5.73 Å². The van der Waals surface area contributed by atoms with E-state index >= 15 is 0 Å². The summed E-state index contributed by atoms with van der Waals surface area (Å²) in [6.07, 6.45) is 2.22. The molecule has 5 nitrogen and oxygen atoms in total. The molecule has 21 heavy (non-hydrogen) atoms. The summed E-state index contributed by atoms with van der Waals surface area (Å²) in [7, 11) is 0. The number of nitrogens with two attached hydrogens (primary N) is 1. The molecule has 1 heterocycles. The summed E-state index contributed by atoms with van der Waals surface area (Å²) in [5.41, 5.74) is 4.28. The van der Waals surface area contributed by atoms with Gasteiger partial charge in [-0.1, -0.05) is 30.3 Å². The van der Waals surface area contributed by atoms with Gasteiger partial charge in [0, 0.05) is 6.20 Å². The smallest absolute Gasteiger partial charge is 0.255 e. The van der Waals surface area contributed by atoms with E-state index in [2.05, 4.69) is 10.3 Å². The van der Waals surface area contributed by atoms with E-state index in [0.717, 1.165) is 6.20 Å². The molecule has 1 aromatic heterocycles. The Morgan fingerprint density at radius 1 is 1.24 bits per heavy atom. The average Bonchev–Trinajstić information content (AvgIpc) is 2.48. The van der Waals surface area contributed by atoms with Gasteiger partial charge in [0.25, 0.3) is 5.91 Å². The van der Waals surface area contributed by atoms with Crippen molar-refractivity contribution in [3.8, 4) is 0 Å². The molecule has 0 saturated heterocycles. The Morgan fingerprint density at radius 3 is 2.48 bits per heavy atom. The highest BCUT2D eigenvalue weighted by Gasteiger charge is 2.35. The van der Waals surface area contributed by atoms with Crippen LogP contribution in [0, 0.1) is 5.82 Å². The van der Waals surface area contributed by atoms with Crippen LogP contribution in [0.2, 0.25) is 0 Å². The van der Waals surface area contributed by atoms with Gasteiger partial charge in [-0.05, 0) is 18.6 Å². The second-order valence-electron chi connectivity index (χ2n) is 4.66. The van der Waals surface area contributed by atoms with Crippen LogP contribution in [0.5, 0.6) is 0 Å². The third kappa shape index (κ3) is 2.89. The average molecular weight is 287 g/mol. The van der Waals surface area contributed by atoms with Crippen LogP contribution >= 0.6 is 0 Å². The van der Waals surface area contributed by atoms with Crippen molar-refractivity contribution in [3.63, 3.8) is 0 Å². The van der Waals surface area contributed by atoms with Gasteiger partial charge < -0.3 is 11.1 Å². The number of amides is 2. The number of nitrogens with zero attached hydrogens (tertiary/aromatic N) is 1. The van der Waals surface area contributed by atoms with Gasteiger partial charge in [0.1, 0.15) is 5.54 Å². The topological polar surface area (TPSA) is 85.1 Å². The van der Waals surface area contributed by atoms with Gasteiger partial charge in [0.2, 0.25) is 5.91 Å². The fraction of sp³-hybridized carbons (Fsp3) is 0.133. The monoisotopic (exact) mass is 287 g/mol. The molecule has 108 valence electrons. The number of carbonyl (C=O) groups is 2. The summed E-state index contributed by atoms with van der Waals surface area (Å²) >= 11 is 0. The Labute approximate surface area is 121 Å². The van der Waals surface area contributed by atoms with Crippen molar-refractivity contribution in [1.29, 1.82) is 0 Å². The fourth-order valence-corrected chi connectivity index (χ4v) is 1.90. The van der Waals surface area contributed by atoms with Crippen LogP contribution < -0.4 is 11.1 Å². The molecular formula is C15H14FN3O2. The minimum atomic E-state index is -1.44. The Balaban J connectivity index is 2.36. The maximum absolute atomic E-state index is 13.6. The number of hydrogen-bond acceptors (Lipinski definition) is 3. The Kier molecular flexibility index (Phi) is 3.98. The number of nitrogens with one attached hydrogen (secondary N) is 1. The van der Waals surface area contributed by atoms with Gasteiger partial charge >= 0.3 is 0 Å². The standard InChI is InChI=1S/C15H14FN3O2/c1-15(14(17)21,10-5-3-2-4-6-10)19-13(20)11-7-8-18-9-12(11)16/h2-9H,1H3,(H2,17,21)(H,19,20)/t15-/m0/s1. The molecule has 0 aliphatic heterocycles. The second kappa shape index (κ2) is 5.70. The van der Waals surface area contributed by atoms with Crippen molar-refractivity contribution in [3.05, 3.63) is 65.7 Å². The lowest BCUT2D eigenvalue weighted by Gasteiger charge is -2.28. The number of benzene rings is 1. The van der Waals surface area contributed by atoms with Crippen LogP contribution in [0.15, 0.2) is 48.8 Å². The molecule has 0 radical (unpaired) electrons. The van der Waals surface area contributed by atoms with Crippen LogP contribution in [0.25, 0.3) is 0 Å². The maximum Gasteiger partial charge on any atom is 0.255 e. The van der Waals surface area contributed by atoms with Crippen molar-refractivity contribution in [2.75, 3.05) is 0 Å². The molecular weight excluding hydrogens is 273 g/mol. The highest BCUT2D eigenvalue weighted by molar-refractivity contribution is 5.99. The van der Waals surface area contributed by atoms with Crippen LogP contribution in [0.4, 0.5) is 4.39 Å². The fourth-order valence-electron chi connectivity index (χ4n) is 1.90. The van der Waals surface area contributed by atoms with E-state index in [1.807, 2.05) is 0 Å². The van der Waals surface area contributed by atoms with Gasteiger partial charge in [-0.25, -0.2) is 4.39 Å². The Bertz CT molecular complexity index is 676. The molecule has 0 spiro atoms. The molecule has 3 N–H and O–H groups in total. The van der Waals surface area contributed by atoms with Crippen LogP contribution in [0.3, 0.4) is 0 Å². The van der Waals surface area contributed by atoms with Crippen LogP contribution in [0.1, 0.15) is 22.8 Å². The van der Waals surface area contributed by atoms with E-state index in [1.54, 1.807) is 30.3 Å². The van der Waals surface area contributed by atoms with Crippen molar-refractivity contribution in [2.45, 2.75) is 12.5 Å². The van der Waals surface area contributed by atoms with Crippen LogP contribution in [-0.4, -0.2) is 16.8 Å². The zero-order valence-corrected chi connectivity index (χ0v) is 11.3. The minimum absolute atomic E-state index is 0.201. The molecule has 1 atom stereocenters. The maximum atomic E-state index is 13.6. The molecule has 2 aromatic rings. The first-order valence-electron chi connectivity index (χ1n) is 6.22. The van der Waals surface area contributed by atoms with Gasteiger partial charge in [0.15, 0.2) is 5.82 Å². The molecule has 0 saturated carbocycles. The molecule has 6 heteroatoms. The first-order chi connectivity index (χ1) is 9.95. The number of pyridine rings is 1. The molecule has 2 rings (SSSR count). The Morgan fingerprint density at radius 2 is 1.90 bits per heavy atom. The van der Waals surface area contributed by atoms with E-state index < -0.39 is 23.2 Å². The quantitative estimate of drug-likeness (QED) is 0.890. The third-order valence-corrected chi connectivity index (χ3v) is 3.22. The van der Waals surface area contributed by atoms with E-state index in [0.29, 0.717) is 5.56 Å². The largest absolute Gasteiger partial charge is 0.367 e. The molecule has 0 unspecified atom stereocenters. The lowest BCUT2D eigenvalue weighted by atomic mass is 9.91. The van der Waals surface area contributed by atoms with Crippen LogP contribution in [-0.2, 0) is 10.3 Å². The lowest BCUT2D eigenvalue weighted by Crippen LogP contribution is -2.52. The predicted octanol–water partition coefficient (Wildman–Crippen LogP) is 1.35. The molecule has 0 fully saturated rings. The second-order valence-corrected chi connectivity index (χ2v) is 4.66. The molecule has 0 aliphatic carbocycles. The number of primary amides is 1. The van der Waals surface area contributed by atoms with Gasteiger partial charge in [0.05, 0.1) is 11.8 Å². The summed E-state index contributed by atoms with van der Waals surface area (Å²) in [5.74, 6) is -2.24. The van der Waals surface area contributed by atoms with Crippen molar-refractivity contribution < 1.29 is 14.0 Å². The number of hydrogen-bond donors (Lipinski definition) is 2. The normalized spacial score (nSPS) is 13.2. The first kappa shape index (κ1) is 14.6. The summed E-state index contributed by atoms with van der Waals surface area (Å²) in [6, 6.07) is 9.76. The van der Waals surface area contributed by atoms with E-state index in [9.17, 15) is 14.0 Å². The number of aromatic nitrogens is 1. The molecule has 1 aromatic carbocycles. The van der Waals surface area contributed by atoms with Gasteiger partial charge in [-0.15, -0.1) is 0 Å². The number of carbonyl (C=O) groups excluding carboxylic acids is 2. The summed E-state index contributed by atoms with van der Waals surface area (Å²) < 4.78 is 13.6. The molecule has 0 aliphatic rings. The lowest BCUT2D eigenvalue weighted by molar-refractivity contribution is -0.123. The summed E-state index contributed by atoms with van der Waals surface area (Å²) in [5, 5.41) is 2.48. The van der Waals surface area contributed by atoms with Gasteiger partial charge in [-0.3, -0.25) is 14.6 Å². The SMILES string of the molecule is C[C@@](NC(=O)c1ccncc1F)(C(N)=O)c1ccccc1. The zero-order chi connectivity index (χ0) is 15.5.